The van der Waals surface area contributed by atoms with Crippen molar-refractivity contribution in [2.45, 2.75) is 33.2 Å². The Labute approximate surface area is 102 Å². The molecule has 17 heavy (non-hydrogen) atoms. The number of nitrogen functional groups attached to an aromatic ring is 1. The molecule has 0 aliphatic carbocycles. The third-order valence-electron chi connectivity index (χ3n) is 2.73. The summed E-state index contributed by atoms with van der Waals surface area (Å²) in [5.41, 5.74) is 2.98. The molecule has 0 radical (unpaired) electrons. The van der Waals surface area contributed by atoms with Crippen LogP contribution < -0.4 is 16.6 Å². The second kappa shape index (κ2) is 6.20. The lowest BCUT2D eigenvalue weighted by molar-refractivity contribution is 0.0924. The Balaban J connectivity index is 2.75. The second-order valence-corrected chi connectivity index (χ2v) is 4.31. The normalized spacial score (nSPS) is 12.3. The summed E-state index contributed by atoms with van der Waals surface area (Å²) in [5, 5.41) is 3.00. The van der Waals surface area contributed by atoms with Crippen LogP contribution in [0.25, 0.3) is 0 Å². The van der Waals surface area contributed by atoms with Crippen molar-refractivity contribution >= 4 is 11.7 Å². The summed E-state index contributed by atoms with van der Waals surface area (Å²) in [5.74, 6) is 6.05. The molecule has 0 aliphatic heterocycles. The van der Waals surface area contributed by atoms with Crippen molar-refractivity contribution in [1.29, 1.82) is 0 Å². The predicted octanol–water partition coefficient (Wildman–Crippen LogP) is 1.53. The first kappa shape index (κ1) is 13.4. The monoisotopic (exact) mass is 236 g/mol. The second-order valence-electron chi connectivity index (χ2n) is 4.31. The zero-order valence-electron chi connectivity index (χ0n) is 10.5. The smallest absolute Gasteiger partial charge is 0.251 e. The lowest BCUT2D eigenvalue weighted by atomic mass is 10.0. The van der Waals surface area contributed by atoms with E-state index in [1.165, 1.54) is 0 Å². The van der Waals surface area contributed by atoms with Gasteiger partial charge in [-0.05, 0) is 24.5 Å². The Kier molecular flexibility index (Phi) is 4.90. The average molecular weight is 236 g/mol. The number of hydrogen-bond acceptors (Lipinski definition) is 4. The van der Waals surface area contributed by atoms with Crippen molar-refractivity contribution in [3.63, 3.8) is 0 Å². The summed E-state index contributed by atoms with van der Waals surface area (Å²) in [7, 11) is 0. The first-order valence-corrected chi connectivity index (χ1v) is 5.82. The van der Waals surface area contributed by atoms with Crippen LogP contribution >= 0.6 is 0 Å². The molecule has 1 aromatic rings. The van der Waals surface area contributed by atoms with Gasteiger partial charge < -0.3 is 10.7 Å². The minimum Gasteiger partial charge on any atom is -0.349 e. The first-order chi connectivity index (χ1) is 8.08. The number of anilines is 1. The molecule has 0 spiro atoms. The number of pyridine rings is 1. The van der Waals surface area contributed by atoms with Gasteiger partial charge in [-0.15, -0.1) is 0 Å². The minimum atomic E-state index is -0.0931. The Morgan fingerprint density at radius 3 is 2.76 bits per heavy atom. The summed E-state index contributed by atoms with van der Waals surface area (Å²) < 4.78 is 0. The molecule has 1 heterocycles. The molecule has 0 aliphatic rings. The van der Waals surface area contributed by atoms with Crippen molar-refractivity contribution in [3.8, 4) is 0 Å². The fourth-order valence-electron chi connectivity index (χ4n) is 1.64. The number of rotatable bonds is 5. The number of hydrazine groups is 1. The van der Waals surface area contributed by atoms with E-state index < -0.39 is 0 Å². The highest BCUT2D eigenvalue weighted by Gasteiger charge is 2.15. The van der Waals surface area contributed by atoms with Crippen LogP contribution in [0.1, 0.15) is 37.6 Å². The van der Waals surface area contributed by atoms with Crippen molar-refractivity contribution < 1.29 is 4.79 Å². The molecule has 0 bridgehead atoms. The topological polar surface area (TPSA) is 80.0 Å². The summed E-state index contributed by atoms with van der Waals surface area (Å²) in [6, 6.07) is 3.48. The zero-order chi connectivity index (χ0) is 12.8. The van der Waals surface area contributed by atoms with E-state index >= 15 is 0 Å². The fourth-order valence-corrected chi connectivity index (χ4v) is 1.64. The lowest BCUT2D eigenvalue weighted by Crippen LogP contribution is -2.38. The van der Waals surface area contributed by atoms with Gasteiger partial charge in [-0.3, -0.25) is 4.79 Å². The first-order valence-electron chi connectivity index (χ1n) is 5.82. The number of carbonyl (C=O) groups excluding carboxylic acids is 1. The number of carbonyl (C=O) groups is 1. The SMILES string of the molecule is CCC(NC(=O)c1ccnc(NN)c1)C(C)C. The molecule has 1 unspecified atom stereocenters. The lowest BCUT2D eigenvalue weighted by Gasteiger charge is -2.20. The van der Waals surface area contributed by atoms with E-state index in [4.69, 9.17) is 5.84 Å². The van der Waals surface area contributed by atoms with Crippen LogP contribution in [0, 0.1) is 5.92 Å². The Hall–Kier alpha value is -1.62. The standard InChI is InChI=1S/C12H20N4O/c1-4-10(8(2)3)15-12(17)9-5-6-14-11(7-9)16-13/h5-8,10H,4,13H2,1-3H3,(H,14,16)(H,15,17). The van der Waals surface area contributed by atoms with E-state index in [1.54, 1.807) is 18.3 Å². The molecule has 1 aromatic heterocycles. The minimum absolute atomic E-state index is 0.0931. The zero-order valence-corrected chi connectivity index (χ0v) is 10.5. The van der Waals surface area contributed by atoms with Crippen LogP contribution in [-0.4, -0.2) is 16.9 Å². The maximum Gasteiger partial charge on any atom is 0.251 e. The van der Waals surface area contributed by atoms with E-state index in [9.17, 15) is 4.79 Å². The van der Waals surface area contributed by atoms with Gasteiger partial charge in [0.1, 0.15) is 5.82 Å². The molecule has 0 fully saturated rings. The van der Waals surface area contributed by atoms with Gasteiger partial charge in [0, 0.05) is 17.8 Å². The highest BCUT2D eigenvalue weighted by atomic mass is 16.1. The van der Waals surface area contributed by atoms with E-state index in [2.05, 4.69) is 36.5 Å². The van der Waals surface area contributed by atoms with Gasteiger partial charge in [-0.25, -0.2) is 10.8 Å². The molecule has 0 aromatic carbocycles. The molecule has 94 valence electrons. The van der Waals surface area contributed by atoms with E-state index in [-0.39, 0.29) is 11.9 Å². The van der Waals surface area contributed by atoms with Crippen LogP contribution in [0.4, 0.5) is 5.82 Å². The van der Waals surface area contributed by atoms with Crippen molar-refractivity contribution in [3.05, 3.63) is 23.9 Å². The van der Waals surface area contributed by atoms with Gasteiger partial charge in [0.25, 0.3) is 5.91 Å². The van der Waals surface area contributed by atoms with Crippen LogP contribution in [0.3, 0.4) is 0 Å². The number of aromatic nitrogens is 1. The summed E-state index contributed by atoms with van der Waals surface area (Å²) in [6.45, 7) is 6.24. The molecular formula is C12H20N4O. The van der Waals surface area contributed by atoms with Crippen LogP contribution in [0.15, 0.2) is 18.3 Å². The number of hydrogen-bond donors (Lipinski definition) is 3. The average Bonchev–Trinajstić information content (AvgIpc) is 2.35. The molecule has 1 atom stereocenters. The highest BCUT2D eigenvalue weighted by molar-refractivity contribution is 5.94. The number of amides is 1. The fraction of sp³-hybridized carbons (Fsp3) is 0.500. The van der Waals surface area contributed by atoms with Gasteiger partial charge in [0.15, 0.2) is 0 Å². The van der Waals surface area contributed by atoms with Gasteiger partial charge in [-0.2, -0.15) is 0 Å². The molecular weight excluding hydrogens is 216 g/mol. The van der Waals surface area contributed by atoms with Crippen LogP contribution in [0.2, 0.25) is 0 Å². The van der Waals surface area contributed by atoms with Crippen LogP contribution in [0.5, 0.6) is 0 Å². The summed E-state index contributed by atoms with van der Waals surface area (Å²) in [6.07, 6.45) is 2.47. The Bertz CT molecular complexity index is 379. The van der Waals surface area contributed by atoms with Crippen molar-refractivity contribution in [2.75, 3.05) is 5.43 Å². The molecule has 0 saturated carbocycles. The van der Waals surface area contributed by atoms with Gasteiger partial charge in [-0.1, -0.05) is 20.8 Å². The predicted molar refractivity (Wildman–Crippen MR) is 68.4 cm³/mol. The summed E-state index contributed by atoms with van der Waals surface area (Å²) in [4.78, 5) is 15.9. The Morgan fingerprint density at radius 1 is 1.53 bits per heavy atom. The summed E-state index contributed by atoms with van der Waals surface area (Å²) >= 11 is 0. The van der Waals surface area contributed by atoms with E-state index in [0.717, 1.165) is 6.42 Å². The molecule has 5 heteroatoms. The maximum absolute atomic E-state index is 12.0. The van der Waals surface area contributed by atoms with E-state index in [1.807, 2.05) is 0 Å². The van der Waals surface area contributed by atoms with E-state index in [0.29, 0.717) is 17.3 Å². The van der Waals surface area contributed by atoms with Crippen LogP contribution in [-0.2, 0) is 0 Å². The van der Waals surface area contributed by atoms with Crippen molar-refractivity contribution in [1.82, 2.24) is 10.3 Å². The third-order valence-corrected chi connectivity index (χ3v) is 2.73. The molecule has 4 N–H and O–H groups in total. The Morgan fingerprint density at radius 2 is 2.24 bits per heavy atom. The maximum atomic E-state index is 12.0. The van der Waals surface area contributed by atoms with Gasteiger partial charge >= 0.3 is 0 Å². The molecule has 1 amide bonds. The largest absolute Gasteiger partial charge is 0.349 e. The molecule has 0 saturated heterocycles. The van der Waals surface area contributed by atoms with Crippen molar-refractivity contribution in [2.24, 2.45) is 11.8 Å². The quantitative estimate of drug-likeness (QED) is 0.535. The van der Waals surface area contributed by atoms with Gasteiger partial charge in [0.2, 0.25) is 0 Å². The number of nitrogens with one attached hydrogen (secondary N) is 2. The third kappa shape index (κ3) is 3.71. The molecule has 1 rings (SSSR count). The van der Waals surface area contributed by atoms with Gasteiger partial charge in [0.05, 0.1) is 0 Å². The molecule has 5 nitrogen and oxygen atoms in total. The number of nitrogens with zero attached hydrogens (tertiary/aromatic N) is 1. The highest BCUT2D eigenvalue weighted by Crippen LogP contribution is 2.09. The number of nitrogens with two attached hydrogens (primary N) is 1.